The van der Waals surface area contributed by atoms with Crippen LogP contribution in [0.5, 0.6) is 0 Å². The molecule has 1 fully saturated rings. The number of fused-ring (bicyclic) bond motifs is 4. The summed E-state index contributed by atoms with van der Waals surface area (Å²) < 4.78 is 2.45. The highest BCUT2D eigenvalue weighted by molar-refractivity contribution is 5.89. The number of aryl methyl sites for hydroxylation is 2. The van der Waals surface area contributed by atoms with Gasteiger partial charge in [0.15, 0.2) is 0 Å². The van der Waals surface area contributed by atoms with E-state index >= 15 is 0 Å². The Kier molecular flexibility index (Phi) is 3.10. The van der Waals surface area contributed by atoms with E-state index in [2.05, 4.69) is 78.9 Å². The van der Waals surface area contributed by atoms with Gasteiger partial charge in [-0.2, -0.15) is 0 Å². The number of para-hydroxylation sites is 2. The second-order valence-corrected chi connectivity index (χ2v) is 7.91. The van der Waals surface area contributed by atoms with Crippen LogP contribution in [0, 0.1) is 6.92 Å². The zero-order valence-corrected chi connectivity index (χ0v) is 15.4. The predicted molar refractivity (Wildman–Crippen MR) is 105 cm³/mol. The minimum absolute atomic E-state index is 0.168. The van der Waals surface area contributed by atoms with Gasteiger partial charge in [-0.15, -0.1) is 0 Å². The maximum Gasteiger partial charge on any atom is 0.0685 e. The van der Waals surface area contributed by atoms with Crippen molar-refractivity contribution >= 4 is 16.6 Å². The smallest absolute Gasteiger partial charge is 0.0685 e. The molecule has 25 heavy (non-hydrogen) atoms. The first kappa shape index (κ1) is 15.1. The zero-order chi connectivity index (χ0) is 17.2. The average molecular weight is 330 g/mol. The second kappa shape index (κ2) is 5.14. The number of hydrogen-bond donors (Lipinski definition) is 0. The van der Waals surface area contributed by atoms with Crippen LogP contribution in [0.3, 0.4) is 0 Å². The van der Waals surface area contributed by atoms with Crippen molar-refractivity contribution in [1.29, 1.82) is 0 Å². The lowest BCUT2D eigenvalue weighted by Gasteiger charge is -2.41. The van der Waals surface area contributed by atoms with Crippen molar-refractivity contribution in [2.75, 3.05) is 4.90 Å². The molecule has 1 aromatic heterocycles. The molecule has 0 bridgehead atoms. The number of hydrogen-bond acceptors (Lipinski definition) is 1. The van der Waals surface area contributed by atoms with Crippen molar-refractivity contribution in [2.45, 2.75) is 51.1 Å². The van der Waals surface area contributed by atoms with Crippen LogP contribution in [0.2, 0.25) is 0 Å². The van der Waals surface area contributed by atoms with E-state index in [1.807, 2.05) is 0 Å². The molecule has 2 nitrogen and oxygen atoms in total. The van der Waals surface area contributed by atoms with Crippen LogP contribution >= 0.6 is 0 Å². The van der Waals surface area contributed by atoms with E-state index in [-0.39, 0.29) is 5.54 Å². The molecule has 0 N–H and O–H groups in total. The number of rotatable bonds is 1. The Labute approximate surface area is 150 Å². The van der Waals surface area contributed by atoms with Gasteiger partial charge in [0.25, 0.3) is 0 Å². The predicted octanol–water partition coefficient (Wildman–Crippen LogP) is 5.84. The lowest BCUT2D eigenvalue weighted by molar-refractivity contribution is 0.417. The number of anilines is 1. The van der Waals surface area contributed by atoms with E-state index in [0.29, 0.717) is 6.04 Å². The van der Waals surface area contributed by atoms with Crippen LogP contribution in [0.25, 0.3) is 10.9 Å². The summed E-state index contributed by atoms with van der Waals surface area (Å²) in [7, 11) is 2.25. The molecule has 0 amide bonds. The van der Waals surface area contributed by atoms with Crippen LogP contribution in [0.4, 0.5) is 5.69 Å². The Morgan fingerprint density at radius 2 is 1.64 bits per heavy atom. The van der Waals surface area contributed by atoms with E-state index < -0.39 is 0 Å². The molecule has 1 aliphatic carbocycles. The third-order valence-corrected chi connectivity index (χ3v) is 6.67. The van der Waals surface area contributed by atoms with Gasteiger partial charge in [-0.3, -0.25) is 0 Å². The van der Waals surface area contributed by atoms with Crippen LogP contribution in [0.15, 0.2) is 48.5 Å². The minimum Gasteiger partial charge on any atom is -0.353 e. The normalized spacial score (nSPS) is 21.4. The van der Waals surface area contributed by atoms with Crippen molar-refractivity contribution < 1.29 is 0 Å². The molecular weight excluding hydrogens is 304 g/mol. The van der Waals surface area contributed by atoms with Gasteiger partial charge >= 0.3 is 0 Å². The first-order valence-corrected chi connectivity index (χ1v) is 9.58. The number of benzene rings is 2. The molecule has 128 valence electrons. The summed E-state index contributed by atoms with van der Waals surface area (Å²) in [4.78, 5) is 2.76. The Morgan fingerprint density at radius 3 is 2.40 bits per heavy atom. The van der Waals surface area contributed by atoms with E-state index in [1.54, 1.807) is 5.56 Å². The fourth-order valence-electron chi connectivity index (χ4n) is 5.73. The molecule has 5 rings (SSSR count). The fraction of sp³-hybridized carbons (Fsp3) is 0.391. The molecule has 1 saturated carbocycles. The molecule has 2 heteroatoms. The first-order valence-electron chi connectivity index (χ1n) is 9.58. The van der Waals surface area contributed by atoms with Crippen molar-refractivity contribution in [1.82, 2.24) is 4.57 Å². The van der Waals surface area contributed by atoms with Gasteiger partial charge in [-0.25, -0.2) is 0 Å². The summed E-state index contributed by atoms with van der Waals surface area (Å²) in [6, 6.07) is 18.3. The van der Waals surface area contributed by atoms with Crippen LogP contribution in [-0.2, 0) is 12.6 Å². The molecule has 2 aliphatic rings. The third-order valence-electron chi connectivity index (χ3n) is 6.67. The number of aromatic nitrogens is 1. The van der Waals surface area contributed by atoms with Crippen molar-refractivity contribution in [3.8, 4) is 0 Å². The zero-order valence-electron chi connectivity index (χ0n) is 15.4. The Morgan fingerprint density at radius 1 is 0.960 bits per heavy atom. The maximum absolute atomic E-state index is 2.76. The van der Waals surface area contributed by atoms with Gasteiger partial charge in [0.1, 0.15) is 0 Å². The molecule has 0 saturated heterocycles. The minimum atomic E-state index is 0.168. The highest BCUT2D eigenvalue weighted by Gasteiger charge is 2.53. The van der Waals surface area contributed by atoms with E-state index in [9.17, 15) is 0 Å². The third kappa shape index (κ3) is 1.80. The van der Waals surface area contributed by atoms with E-state index in [1.165, 1.54) is 53.5 Å². The van der Waals surface area contributed by atoms with Gasteiger partial charge in [0.05, 0.1) is 11.6 Å². The summed E-state index contributed by atoms with van der Waals surface area (Å²) in [5.74, 6) is 0. The van der Waals surface area contributed by atoms with Gasteiger partial charge < -0.3 is 9.47 Å². The Balaban J connectivity index is 1.83. The fourth-order valence-corrected chi connectivity index (χ4v) is 5.73. The Hall–Kier alpha value is -2.22. The molecule has 2 aromatic carbocycles. The maximum atomic E-state index is 2.76. The molecule has 1 aliphatic heterocycles. The second-order valence-electron chi connectivity index (χ2n) is 7.91. The lowest BCUT2D eigenvalue weighted by Crippen LogP contribution is -2.40. The largest absolute Gasteiger partial charge is 0.353 e. The van der Waals surface area contributed by atoms with Crippen LogP contribution in [0.1, 0.15) is 55.5 Å². The van der Waals surface area contributed by atoms with Crippen molar-refractivity contribution in [3.63, 3.8) is 0 Å². The Bertz CT molecular complexity index is 959. The average Bonchev–Trinajstić information content (AvgIpc) is 3.27. The van der Waals surface area contributed by atoms with Crippen LogP contribution < -0.4 is 4.90 Å². The lowest BCUT2D eigenvalue weighted by atomic mass is 9.87. The molecule has 0 radical (unpaired) electrons. The topological polar surface area (TPSA) is 8.17 Å². The van der Waals surface area contributed by atoms with Crippen molar-refractivity contribution in [2.24, 2.45) is 7.05 Å². The highest BCUT2D eigenvalue weighted by atomic mass is 15.3. The summed E-state index contributed by atoms with van der Waals surface area (Å²) >= 11 is 0. The SMILES string of the molecule is Cc1ccccc1N1C(C)c2c(c3ccccc3n2C)C12CCCC2. The van der Waals surface area contributed by atoms with Gasteiger partial charge in [-0.1, -0.05) is 49.2 Å². The molecule has 1 unspecified atom stereocenters. The van der Waals surface area contributed by atoms with E-state index in [4.69, 9.17) is 0 Å². The van der Waals surface area contributed by atoms with Gasteiger partial charge in [0.2, 0.25) is 0 Å². The summed E-state index contributed by atoms with van der Waals surface area (Å²) in [5, 5.41) is 1.46. The highest BCUT2D eigenvalue weighted by Crippen LogP contribution is 2.58. The quantitative estimate of drug-likeness (QED) is 0.544. The molecule has 1 atom stereocenters. The van der Waals surface area contributed by atoms with Crippen molar-refractivity contribution in [3.05, 3.63) is 65.4 Å². The summed E-state index contributed by atoms with van der Waals surface area (Å²) in [5.41, 5.74) is 7.48. The first-order chi connectivity index (χ1) is 12.1. The summed E-state index contributed by atoms with van der Waals surface area (Å²) in [6.07, 6.45) is 5.20. The molecule has 3 aromatic rings. The molecular formula is C23H26N2. The number of nitrogens with zero attached hydrogens (tertiary/aromatic N) is 2. The van der Waals surface area contributed by atoms with Gasteiger partial charge in [-0.05, 0) is 44.4 Å². The summed E-state index contributed by atoms with van der Waals surface area (Å²) in [6.45, 7) is 4.66. The molecule has 2 heterocycles. The van der Waals surface area contributed by atoms with Crippen LogP contribution in [-0.4, -0.2) is 4.57 Å². The monoisotopic (exact) mass is 330 g/mol. The standard InChI is InChI=1S/C23H26N2/c1-16-10-4-6-12-19(16)25-17(2)22-21(23(25)14-8-9-15-23)18-11-5-7-13-20(18)24(22)3/h4-7,10-13,17H,8-9,14-15H2,1-3H3. The molecule has 1 spiro atoms. The van der Waals surface area contributed by atoms with Gasteiger partial charge in [0, 0.05) is 34.9 Å². The van der Waals surface area contributed by atoms with E-state index in [0.717, 1.165) is 0 Å².